The molecule has 0 bridgehead atoms. The second-order valence-electron chi connectivity index (χ2n) is 10.1. The Bertz CT molecular complexity index is 1010. The molecule has 6 nitrogen and oxygen atoms in total. The van der Waals surface area contributed by atoms with Crippen molar-refractivity contribution in [3.63, 3.8) is 0 Å². The highest BCUT2D eigenvalue weighted by molar-refractivity contribution is 5.30. The first kappa shape index (κ1) is 26.6. The van der Waals surface area contributed by atoms with Gasteiger partial charge in [-0.3, -0.25) is 0 Å². The fourth-order valence-corrected chi connectivity index (χ4v) is 5.16. The van der Waals surface area contributed by atoms with Gasteiger partial charge >= 0.3 is 0 Å². The van der Waals surface area contributed by atoms with Crippen LogP contribution in [0.4, 0.5) is 0 Å². The number of aliphatic hydroxyl groups is 1. The molecular weight excluding hydrogens is 440 g/mol. The Morgan fingerprint density at radius 2 is 1.66 bits per heavy atom. The minimum Gasteiger partial charge on any atom is -0.554 e. The zero-order chi connectivity index (χ0) is 25.2. The number of carbonyl (C=O) groups is 1. The first-order valence-electron chi connectivity index (χ1n) is 12.5. The zero-order valence-corrected chi connectivity index (χ0v) is 20.9. The Kier molecular flexibility index (Phi) is 9.64. The van der Waals surface area contributed by atoms with Crippen LogP contribution in [0.5, 0.6) is 0 Å². The number of nitrogens with zero attached hydrogens (tertiary/aromatic N) is 2. The van der Waals surface area contributed by atoms with E-state index in [9.17, 15) is 5.11 Å². The second kappa shape index (κ2) is 12.7. The van der Waals surface area contributed by atoms with Crippen LogP contribution in [-0.2, 0) is 23.4 Å². The molecule has 1 fully saturated rings. The van der Waals surface area contributed by atoms with Crippen LogP contribution in [0.15, 0.2) is 71.3 Å². The molecule has 1 aliphatic carbocycles. The fraction of sp³-hybridized carbons (Fsp3) is 0.448. The number of hydrogen-bond donors (Lipinski definition) is 1. The molecule has 1 heterocycles. The molecule has 35 heavy (non-hydrogen) atoms. The molecule has 2 aromatic carbocycles. The Morgan fingerprint density at radius 3 is 2.29 bits per heavy atom. The number of oxazole rings is 1. The Labute approximate surface area is 208 Å². The molecule has 6 heteroatoms. The topological polar surface area (TPSA) is 86.4 Å². The van der Waals surface area contributed by atoms with Crippen molar-refractivity contribution in [2.75, 3.05) is 20.6 Å². The summed E-state index contributed by atoms with van der Waals surface area (Å²) in [4.78, 5) is 12.9. The van der Waals surface area contributed by atoms with E-state index in [-0.39, 0.29) is 5.92 Å². The van der Waals surface area contributed by atoms with Crippen LogP contribution in [0, 0.1) is 5.92 Å². The number of aryl methyl sites for hydroxylation is 1. The van der Waals surface area contributed by atoms with E-state index in [1.165, 1.54) is 12.0 Å². The molecule has 0 unspecified atom stereocenters. The number of rotatable bonds is 9. The average Bonchev–Trinajstić information content (AvgIpc) is 3.34. The van der Waals surface area contributed by atoms with Crippen molar-refractivity contribution in [2.45, 2.75) is 57.1 Å². The molecule has 0 radical (unpaired) electrons. The van der Waals surface area contributed by atoms with E-state index < -0.39 is 12.1 Å². The third-order valence-electron chi connectivity index (χ3n) is 6.95. The van der Waals surface area contributed by atoms with Crippen LogP contribution in [0.25, 0.3) is 0 Å². The maximum absolute atomic E-state index is 12.0. The maximum Gasteiger partial charge on any atom is 0.231 e. The fourth-order valence-electron chi connectivity index (χ4n) is 5.16. The van der Waals surface area contributed by atoms with Gasteiger partial charge in [0, 0.05) is 18.8 Å². The molecule has 4 rings (SSSR count). The summed E-state index contributed by atoms with van der Waals surface area (Å²) in [5.41, 5.74) is 1.11. The molecule has 1 aromatic heterocycles. The van der Waals surface area contributed by atoms with Gasteiger partial charge in [0.1, 0.15) is 6.54 Å². The lowest BCUT2D eigenvalue weighted by molar-refractivity contribution is -0.904. The number of carbonyl (C=O) groups excluding carboxylic acids is 1. The number of quaternary nitrogens is 1. The molecule has 1 aliphatic rings. The van der Waals surface area contributed by atoms with Gasteiger partial charge in [0.2, 0.25) is 5.89 Å². The molecule has 0 spiro atoms. The molecule has 0 amide bonds. The van der Waals surface area contributed by atoms with Crippen molar-refractivity contribution in [3.05, 3.63) is 89.6 Å². The lowest BCUT2D eigenvalue weighted by Crippen LogP contribution is -2.39. The minimum absolute atomic E-state index is 0.138. The summed E-state index contributed by atoms with van der Waals surface area (Å²) in [7, 11) is 4.47. The SMILES string of the molecule is C[N+](C)(CCCc1ccccc1)Cc1cnc([C@](O)(c2ccccc2)C2CCCCC2)o1.O=C[O-]. The van der Waals surface area contributed by atoms with Crippen molar-refractivity contribution in [2.24, 2.45) is 5.92 Å². The van der Waals surface area contributed by atoms with Crippen molar-refractivity contribution in [3.8, 4) is 0 Å². The third-order valence-corrected chi connectivity index (χ3v) is 6.95. The highest BCUT2D eigenvalue weighted by atomic mass is 16.4. The molecule has 1 N–H and O–H groups in total. The summed E-state index contributed by atoms with van der Waals surface area (Å²) in [6.07, 6.45) is 9.58. The van der Waals surface area contributed by atoms with Crippen LogP contribution < -0.4 is 5.11 Å². The van der Waals surface area contributed by atoms with Gasteiger partial charge < -0.3 is 23.9 Å². The molecule has 0 aliphatic heterocycles. The third kappa shape index (κ3) is 7.26. The first-order valence-corrected chi connectivity index (χ1v) is 12.5. The monoisotopic (exact) mass is 478 g/mol. The van der Waals surface area contributed by atoms with E-state index in [0.29, 0.717) is 5.89 Å². The van der Waals surface area contributed by atoms with Crippen molar-refractivity contribution >= 4 is 6.47 Å². The molecular formula is C29H38N2O4. The zero-order valence-electron chi connectivity index (χ0n) is 20.9. The molecule has 1 atom stereocenters. The number of benzene rings is 2. The van der Waals surface area contributed by atoms with Crippen molar-refractivity contribution in [1.82, 2.24) is 4.98 Å². The van der Waals surface area contributed by atoms with Crippen LogP contribution in [0.1, 0.15) is 61.3 Å². The van der Waals surface area contributed by atoms with Gasteiger partial charge in [-0.1, -0.05) is 79.9 Å². The highest BCUT2D eigenvalue weighted by Crippen LogP contribution is 2.43. The Balaban J connectivity index is 0.00000108. The summed E-state index contributed by atoms with van der Waals surface area (Å²) in [5.74, 6) is 1.43. The van der Waals surface area contributed by atoms with Crippen molar-refractivity contribution < 1.29 is 23.9 Å². The maximum atomic E-state index is 12.0. The molecule has 1 saturated carbocycles. The van der Waals surface area contributed by atoms with E-state index in [1.54, 1.807) is 0 Å². The van der Waals surface area contributed by atoms with E-state index >= 15 is 0 Å². The number of hydrogen-bond acceptors (Lipinski definition) is 5. The first-order chi connectivity index (χ1) is 16.9. The van der Waals surface area contributed by atoms with Gasteiger partial charge in [0.15, 0.2) is 11.4 Å². The minimum atomic E-state index is -1.16. The Morgan fingerprint density at radius 1 is 1.06 bits per heavy atom. The summed E-state index contributed by atoms with van der Waals surface area (Å²) in [6.45, 7) is 1.31. The Hall–Kier alpha value is -2.96. The number of aromatic nitrogens is 1. The standard InChI is InChI=1S/C28H37N2O2.CH2O2/c1-30(2,20-12-15-23-13-6-3-7-14-23)22-26-21-29-27(32-26)28(31,24-16-8-4-9-17-24)25-18-10-5-11-19-25;2-1-3/h3-4,6-9,13-14,16-17,21,25,31H,5,10-12,15,18-20,22H2,1-2H3;1H,(H,2,3)/q+1;/p-1/t28-;/m0./s1. The summed E-state index contributed by atoms with van der Waals surface area (Å²) in [5, 5.41) is 20.2. The van der Waals surface area contributed by atoms with E-state index in [1.807, 2.05) is 36.5 Å². The van der Waals surface area contributed by atoms with Gasteiger partial charge in [-0.2, -0.15) is 0 Å². The van der Waals surface area contributed by atoms with Gasteiger partial charge in [-0.05, 0) is 30.4 Å². The largest absolute Gasteiger partial charge is 0.554 e. The average molecular weight is 479 g/mol. The van der Waals surface area contributed by atoms with E-state index in [2.05, 4.69) is 49.4 Å². The summed E-state index contributed by atoms with van der Waals surface area (Å²) < 4.78 is 7.11. The smallest absolute Gasteiger partial charge is 0.231 e. The highest BCUT2D eigenvalue weighted by Gasteiger charge is 2.44. The van der Waals surface area contributed by atoms with Crippen LogP contribution in [-0.4, -0.2) is 41.7 Å². The van der Waals surface area contributed by atoms with Gasteiger partial charge in [0.25, 0.3) is 0 Å². The number of carboxylic acid groups (broad SMARTS) is 1. The van der Waals surface area contributed by atoms with Crippen molar-refractivity contribution in [1.29, 1.82) is 0 Å². The summed E-state index contributed by atoms with van der Waals surface area (Å²) in [6, 6.07) is 20.6. The summed E-state index contributed by atoms with van der Waals surface area (Å²) >= 11 is 0. The molecule has 188 valence electrons. The van der Waals surface area contributed by atoms with E-state index in [4.69, 9.17) is 14.3 Å². The predicted octanol–water partition coefficient (Wildman–Crippen LogP) is 4.07. The van der Waals surface area contributed by atoms with Crippen LogP contribution in [0.3, 0.4) is 0 Å². The molecule has 0 saturated heterocycles. The van der Waals surface area contributed by atoms with Crippen LogP contribution in [0.2, 0.25) is 0 Å². The lowest BCUT2D eigenvalue weighted by Gasteiger charge is -2.36. The predicted molar refractivity (Wildman–Crippen MR) is 134 cm³/mol. The van der Waals surface area contributed by atoms with E-state index in [0.717, 1.165) is 67.4 Å². The van der Waals surface area contributed by atoms with Crippen LogP contribution >= 0.6 is 0 Å². The quantitative estimate of drug-likeness (QED) is 0.370. The molecule has 3 aromatic rings. The van der Waals surface area contributed by atoms with Gasteiger partial charge in [0.05, 0.1) is 26.8 Å². The lowest BCUT2D eigenvalue weighted by atomic mass is 9.73. The second-order valence-corrected chi connectivity index (χ2v) is 10.1. The normalized spacial score (nSPS) is 16.1. The van der Waals surface area contributed by atoms with Gasteiger partial charge in [-0.15, -0.1) is 0 Å². The van der Waals surface area contributed by atoms with Gasteiger partial charge in [-0.25, -0.2) is 4.98 Å².